The summed E-state index contributed by atoms with van der Waals surface area (Å²) in [5.74, 6) is -0.512. The molecule has 1 atom stereocenters. The number of carbonyl (C=O) groups is 1. The number of rotatable bonds is 5. The Labute approximate surface area is 148 Å². The van der Waals surface area contributed by atoms with Gasteiger partial charge >= 0.3 is 6.18 Å². The third kappa shape index (κ3) is 4.07. The molecule has 1 saturated carbocycles. The van der Waals surface area contributed by atoms with Gasteiger partial charge in [0, 0.05) is 19.2 Å². The number of aryl methyl sites for hydroxylation is 1. The molecule has 0 bridgehead atoms. The maximum atomic E-state index is 12.8. The van der Waals surface area contributed by atoms with Crippen LogP contribution < -0.4 is 5.32 Å². The van der Waals surface area contributed by atoms with Crippen LogP contribution in [0.1, 0.15) is 34.6 Å². The monoisotopic (exact) mass is 367 g/mol. The molecule has 0 aliphatic heterocycles. The Bertz CT molecular complexity index is 768. The van der Waals surface area contributed by atoms with Gasteiger partial charge in [-0.05, 0) is 30.7 Å². The topological polar surface area (TPSA) is 67.2 Å². The van der Waals surface area contributed by atoms with E-state index < -0.39 is 17.8 Å². The first-order valence-electron chi connectivity index (χ1n) is 8.38. The van der Waals surface area contributed by atoms with Gasteiger partial charge in [-0.1, -0.05) is 30.3 Å². The van der Waals surface area contributed by atoms with E-state index in [4.69, 9.17) is 0 Å². The first-order valence-corrected chi connectivity index (χ1v) is 8.38. The van der Waals surface area contributed by atoms with Crippen LogP contribution in [0, 0.1) is 5.92 Å². The predicted molar refractivity (Wildman–Crippen MR) is 88.3 cm³/mol. The van der Waals surface area contributed by atoms with Crippen LogP contribution in [0.4, 0.5) is 13.2 Å². The summed E-state index contributed by atoms with van der Waals surface area (Å²) in [5, 5.41) is 15.8. The molecule has 1 fully saturated rings. The van der Waals surface area contributed by atoms with Gasteiger partial charge in [-0.25, -0.2) is 0 Å². The highest BCUT2D eigenvalue weighted by molar-refractivity contribution is 5.93. The number of aromatic nitrogens is 2. The van der Waals surface area contributed by atoms with Crippen molar-refractivity contribution in [2.45, 2.75) is 37.6 Å². The number of aliphatic hydroxyl groups is 1. The van der Waals surface area contributed by atoms with Crippen molar-refractivity contribution in [1.82, 2.24) is 15.1 Å². The molecule has 0 unspecified atom stereocenters. The van der Waals surface area contributed by atoms with E-state index in [2.05, 4.69) is 10.4 Å². The summed E-state index contributed by atoms with van der Waals surface area (Å²) < 4.78 is 39.3. The van der Waals surface area contributed by atoms with Gasteiger partial charge in [0.15, 0.2) is 5.69 Å². The summed E-state index contributed by atoms with van der Waals surface area (Å²) in [4.78, 5) is 12.5. The standard InChI is InChI=1S/C18H20F3N3O2/c1-24-15(10-16(23-24)18(19,20)21)17(26)22-14(12-8-13(25)9-12)7-11-5-3-2-4-6-11/h2-6,10,12-14,25H,7-9H2,1H3,(H,22,26)/t12?,13?,14-/m0/s1. The number of amides is 1. The van der Waals surface area contributed by atoms with E-state index in [1.807, 2.05) is 30.3 Å². The van der Waals surface area contributed by atoms with Crippen LogP contribution in [0.15, 0.2) is 36.4 Å². The summed E-state index contributed by atoms with van der Waals surface area (Å²) in [6.45, 7) is 0. The normalized spacial score (nSPS) is 21.1. The first kappa shape index (κ1) is 18.4. The number of hydrogen-bond acceptors (Lipinski definition) is 3. The van der Waals surface area contributed by atoms with Crippen LogP contribution >= 0.6 is 0 Å². The van der Waals surface area contributed by atoms with Crippen molar-refractivity contribution in [3.05, 3.63) is 53.3 Å². The van der Waals surface area contributed by atoms with Crippen molar-refractivity contribution in [2.75, 3.05) is 0 Å². The van der Waals surface area contributed by atoms with Crippen molar-refractivity contribution in [2.24, 2.45) is 13.0 Å². The lowest BCUT2D eigenvalue weighted by Crippen LogP contribution is -2.48. The highest BCUT2D eigenvalue weighted by atomic mass is 19.4. The van der Waals surface area contributed by atoms with E-state index in [-0.39, 0.29) is 23.8 Å². The van der Waals surface area contributed by atoms with E-state index in [0.29, 0.717) is 19.3 Å². The number of carbonyl (C=O) groups excluding carboxylic acids is 1. The van der Waals surface area contributed by atoms with Crippen LogP contribution in [-0.2, 0) is 19.6 Å². The Morgan fingerprint density at radius 1 is 1.35 bits per heavy atom. The Balaban J connectivity index is 1.76. The summed E-state index contributed by atoms with van der Waals surface area (Å²) in [6, 6.07) is 10.0. The van der Waals surface area contributed by atoms with E-state index in [1.54, 1.807) is 0 Å². The molecule has 26 heavy (non-hydrogen) atoms. The molecule has 140 valence electrons. The molecule has 2 aromatic rings. The fraction of sp³-hybridized carbons (Fsp3) is 0.444. The number of aliphatic hydroxyl groups excluding tert-OH is 1. The highest BCUT2D eigenvalue weighted by Gasteiger charge is 2.37. The number of hydrogen-bond donors (Lipinski definition) is 2. The zero-order valence-electron chi connectivity index (χ0n) is 14.2. The van der Waals surface area contributed by atoms with E-state index >= 15 is 0 Å². The molecule has 1 aliphatic carbocycles. The van der Waals surface area contributed by atoms with Crippen LogP contribution in [0.2, 0.25) is 0 Å². The van der Waals surface area contributed by atoms with Gasteiger partial charge in [-0.2, -0.15) is 18.3 Å². The zero-order chi connectivity index (χ0) is 18.9. The van der Waals surface area contributed by atoms with Gasteiger partial charge in [0.1, 0.15) is 5.69 Å². The van der Waals surface area contributed by atoms with Crippen LogP contribution in [0.25, 0.3) is 0 Å². The van der Waals surface area contributed by atoms with E-state index in [9.17, 15) is 23.1 Å². The highest BCUT2D eigenvalue weighted by Crippen LogP contribution is 2.32. The van der Waals surface area contributed by atoms with Crippen LogP contribution in [0.5, 0.6) is 0 Å². The largest absolute Gasteiger partial charge is 0.435 e. The van der Waals surface area contributed by atoms with E-state index in [1.165, 1.54) is 7.05 Å². The maximum absolute atomic E-state index is 12.8. The molecular weight excluding hydrogens is 347 g/mol. The number of nitrogens with one attached hydrogen (secondary N) is 1. The number of nitrogens with zero attached hydrogens (tertiary/aromatic N) is 2. The lowest BCUT2D eigenvalue weighted by atomic mass is 9.75. The number of alkyl halides is 3. The van der Waals surface area contributed by atoms with Gasteiger partial charge in [-0.3, -0.25) is 9.48 Å². The maximum Gasteiger partial charge on any atom is 0.435 e. The molecule has 0 radical (unpaired) electrons. The Morgan fingerprint density at radius 2 is 2.00 bits per heavy atom. The van der Waals surface area contributed by atoms with E-state index in [0.717, 1.165) is 16.3 Å². The van der Waals surface area contributed by atoms with Gasteiger partial charge < -0.3 is 10.4 Å². The quantitative estimate of drug-likeness (QED) is 0.854. The third-order valence-electron chi connectivity index (χ3n) is 4.74. The van der Waals surface area contributed by atoms with Gasteiger partial charge in [0.05, 0.1) is 6.10 Å². The Hall–Kier alpha value is -2.35. The first-order chi connectivity index (χ1) is 12.2. The fourth-order valence-electron chi connectivity index (χ4n) is 3.22. The van der Waals surface area contributed by atoms with Crippen molar-refractivity contribution < 1.29 is 23.1 Å². The molecule has 1 amide bonds. The number of halogens is 3. The average Bonchev–Trinajstić information content (AvgIpc) is 2.94. The van der Waals surface area contributed by atoms with Crippen molar-refractivity contribution >= 4 is 5.91 Å². The zero-order valence-corrected chi connectivity index (χ0v) is 14.2. The smallest absolute Gasteiger partial charge is 0.393 e. The molecule has 5 nitrogen and oxygen atoms in total. The molecular formula is C18H20F3N3O2. The third-order valence-corrected chi connectivity index (χ3v) is 4.74. The lowest BCUT2D eigenvalue weighted by molar-refractivity contribution is -0.141. The lowest BCUT2D eigenvalue weighted by Gasteiger charge is -2.38. The molecule has 2 N–H and O–H groups in total. The van der Waals surface area contributed by atoms with Crippen molar-refractivity contribution in [3.8, 4) is 0 Å². The Morgan fingerprint density at radius 3 is 2.54 bits per heavy atom. The number of benzene rings is 1. The van der Waals surface area contributed by atoms with Crippen molar-refractivity contribution in [1.29, 1.82) is 0 Å². The second kappa shape index (κ2) is 7.11. The minimum atomic E-state index is -4.60. The van der Waals surface area contributed by atoms with Crippen LogP contribution in [-0.4, -0.2) is 32.9 Å². The van der Waals surface area contributed by atoms with Gasteiger partial charge in [-0.15, -0.1) is 0 Å². The average molecular weight is 367 g/mol. The van der Waals surface area contributed by atoms with Crippen molar-refractivity contribution in [3.63, 3.8) is 0 Å². The van der Waals surface area contributed by atoms with Crippen LogP contribution in [0.3, 0.4) is 0 Å². The molecule has 1 aromatic heterocycles. The molecule has 0 saturated heterocycles. The predicted octanol–water partition coefficient (Wildman–Crippen LogP) is 2.55. The molecule has 3 rings (SSSR count). The molecule has 1 aromatic carbocycles. The minimum absolute atomic E-state index is 0.0875. The van der Waals surface area contributed by atoms with Gasteiger partial charge in [0.25, 0.3) is 5.91 Å². The molecule has 8 heteroatoms. The Kier molecular flexibility index (Phi) is 5.04. The molecule has 0 spiro atoms. The fourth-order valence-corrected chi connectivity index (χ4v) is 3.22. The minimum Gasteiger partial charge on any atom is -0.393 e. The molecule has 1 heterocycles. The van der Waals surface area contributed by atoms with Gasteiger partial charge in [0.2, 0.25) is 0 Å². The summed E-state index contributed by atoms with van der Waals surface area (Å²) in [7, 11) is 1.31. The summed E-state index contributed by atoms with van der Waals surface area (Å²) >= 11 is 0. The summed E-state index contributed by atoms with van der Waals surface area (Å²) in [6.07, 6.45) is -3.30. The SMILES string of the molecule is Cn1nc(C(F)(F)F)cc1C(=O)N[C@@H](Cc1ccccc1)C1CC(O)C1. The second-order valence-electron chi connectivity index (χ2n) is 6.69. The summed E-state index contributed by atoms with van der Waals surface area (Å²) in [5.41, 5.74) is -0.223. The molecule has 1 aliphatic rings. The second-order valence-corrected chi connectivity index (χ2v) is 6.69.